The fourth-order valence-corrected chi connectivity index (χ4v) is 3.93. The van der Waals surface area contributed by atoms with Gasteiger partial charge in [0.2, 0.25) is 5.95 Å². The van der Waals surface area contributed by atoms with Gasteiger partial charge in [0.1, 0.15) is 5.75 Å². The van der Waals surface area contributed by atoms with E-state index in [9.17, 15) is 9.59 Å². The summed E-state index contributed by atoms with van der Waals surface area (Å²) in [6.07, 6.45) is 7.92. The lowest BCUT2D eigenvalue weighted by atomic mass is 9.91. The number of benzene rings is 2. The number of ketones is 1. The Hall–Kier alpha value is -4.59. The summed E-state index contributed by atoms with van der Waals surface area (Å²) in [7, 11) is 1.62. The van der Waals surface area contributed by atoms with Gasteiger partial charge in [-0.15, -0.1) is 0 Å². The number of rotatable bonds is 6. The first-order chi connectivity index (χ1) is 17.1. The van der Waals surface area contributed by atoms with Crippen LogP contribution in [0, 0.1) is 0 Å². The highest BCUT2D eigenvalue weighted by Crippen LogP contribution is 2.32. The quantitative estimate of drug-likeness (QED) is 0.570. The highest BCUT2D eigenvalue weighted by molar-refractivity contribution is 6.08. The zero-order valence-electron chi connectivity index (χ0n) is 19.1. The molecule has 3 aromatic rings. The third kappa shape index (κ3) is 4.86. The highest BCUT2D eigenvalue weighted by Gasteiger charge is 2.27. The van der Waals surface area contributed by atoms with Crippen LogP contribution in [0.4, 0.5) is 11.6 Å². The lowest BCUT2D eigenvalue weighted by Gasteiger charge is -2.18. The Morgan fingerprint density at radius 1 is 1.09 bits per heavy atom. The number of methoxy groups -OCH3 is 1. The summed E-state index contributed by atoms with van der Waals surface area (Å²) in [6.45, 7) is 0.421. The number of fused-ring (bicyclic) bond motifs is 2. The van der Waals surface area contributed by atoms with E-state index in [1.807, 2.05) is 36.4 Å². The number of carbonyl (C=O) groups is 2. The Morgan fingerprint density at radius 3 is 2.66 bits per heavy atom. The molecule has 8 heteroatoms. The number of aliphatic imine (C=N–C) groups is 1. The minimum Gasteiger partial charge on any atom is -0.497 e. The molecule has 2 aliphatic rings. The molecule has 2 heterocycles. The lowest BCUT2D eigenvalue weighted by molar-refractivity contribution is -0.115. The monoisotopic (exact) mass is 465 g/mol. The first-order valence-corrected chi connectivity index (χ1v) is 11.2. The van der Waals surface area contributed by atoms with E-state index in [0.717, 1.165) is 22.6 Å². The van der Waals surface area contributed by atoms with Gasteiger partial charge in [0.15, 0.2) is 5.78 Å². The number of amides is 1. The average molecular weight is 466 g/mol. The van der Waals surface area contributed by atoms with E-state index in [2.05, 4.69) is 25.6 Å². The third-order valence-electron chi connectivity index (χ3n) is 5.83. The topological polar surface area (TPSA) is 106 Å². The Morgan fingerprint density at radius 2 is 1.89 bits per heavy atom. The fourth-order valence-electron chi connectivity index (χ4n) is 3.93. The maximum atomic E-state index is 12.5. The summed E-state index contributed by atoms with van der Waals surface area (Å²) >= 11 is 0. The number of hydrogen-bond acceptors (Lipinski definition) is 7. The summed E-state index contributed by atoms with van der Waals surface area (Å²) in [5.41, 5.74) is 4.99. The molecule has 1 amide bonds. The van der Waals surface area contributed by atoms with Crippen molar-refractivity contribution in [3.8, 4) is 5.75 Å². The Kier molecular flexibility index (Phi) is 6.17. The minimum absolute atomic E-state index is 0.0568. The summed E-state index contributed by atoms with van der Waals surface area (Å²) in [6, 6.07) is 14.6. The molecular weight excluding hydrogens is 442 g/mol. The van der Waals surface area contributed by atoms with Gasteiger partial charge in [0.25, 0.3) is 5.91 Å². The van der Waals surface area contributed by atoms with Crippen LogP contribution in [0.1, 0.15) is 33.6 Å². The second-order valence-electron chi connectivity index (χ2n) is 8.14. The van der Waals surface area contributed by atoms with E-state index in [1.165, 1.54) is 0 Å². The number of anilines is 2. The van der Waals surface area contributed by atoms with Gasteiger partial charge >= 0.3 is 0 Å². The molecule has 0 saturated heterocycles. The van der Waals surface area contributed by atoms with Crippen molar-refractivity contribution in [3.05, 3.63) is 94.8 Å². The number of nitrogens with zero attached hydrogens (tertiary/aromatic N) is 3. The number of Topliss-reactive ketones (excluding diaryl/α,β-unsaturated/α-hetero) is 1. The van der Waals surface area contributed by atoms with Crippen LogP contribution >= 0.6 is 0 Å². The molecule has 0 unspecified atom stereocenters. The first kappa shape index (κ1) is 22.2. The maximum absolute atomic E-state index is 12.5. The van der Waals surface area contributed by atoms with Crippen molar-refractivity contribution in [1.82, 2.24) is 15.3 Å². The fraction of sp³-hybridized carbons (Fsp3) is 0.148. The third-order valence-corrected chi connectivity index (χ3v) is 5.83. The molecule has 0 bridgehead atoms. The van der Waals surface area contributed by atoms with E-state index >= 15 is 0 Å². The van der Waals surface area contributed by atoms with Crippen LogP contribution in [0.15, 0.2) is 77.4 Å². The average Bonchev–Trinajstić information content (AvgIpc) is 3.15. The number of carbonyl (C=O) groups excluding carboxylic acids is 2. The second kappa shape index (κ2) is 9.72. The van der Waals surface area contributed by atoms with E-state index in [-0.39, 0.29) is 18.1 Å². The Bertz CT molecular complexity index is 1370. The van der Waals surface area contributed by atoms with E-state index in [1.54, 1.807) is 43.8 Å². The molecule has 1 aromatic heterocycles. The molecule has 174 valence electrons. The van der Waals surface area contributed by atoms with Gasteiger partial charge in [-0.1, -0.05) is 18.2 Å². The standard InChI is InChI=1S/C27H23N5O3/c1-35-21-11-5-17(6-12-21)15-29-26(34)18-7-9-20(10-8-18)31-27-30-16-19-14-23(33)22-4-2-3-13-28-25(22)24(19)32-27/h2-3,5-13,16H,4,14-15H2,1H3,(H,29,34)(H,30,31,32). The molecule has 2 N–H and O–H groups in total. The number of allylic oxidation sites excluding steroid dienone is 3. The van der Waals surface area contributed by atoms with Crippen LogP contribution in [-0.4, -0.2) is 35.0 Å². The van der Waals surface area contributed by atoms with Crippen molar-refractivity contribution in [1.29, 1.82) is 0 Å². The molecule has 2 aromatic carbocycles. The van der Waals surface area contributed by atoms with Gasteiger partial charge in [0, 0.05) is 47.8 Å². The minimum atomic E-state index is -0.165. The van der Waals surface area contributed by atoms with Crippen molar-refractivity contribution in [2.45, 2.75) is 19.4 Å². The normalized spacial score (nSPS) is 14.1. The van der Waals surface area contributed by atoms with Gasteiger partial charge in [-0.25, -0.2) is 9.97 Å². The molecular formula is C27H23N5O3. The van der Waals surface area contributed by atoms with Crippen molar-refractivity contribution >= 4 is 35.2 Å². The molecule has 1 aliphatic carbocycles. The SMILES string of the molecule is COc1ccc(CNC(=O)c2ccc(Nc3ncc4c(n3)C3=C(CC=CC=N3)C(=O)C4)cc2)cc1. The summed E-state index contributed by atoms with van der Waals surface area (Å²) in [5.74, 6) is 1.06. The van der Waals surface area contributed by atoms with E-state index in [0.29, 0.717) is 41.4 Å². The lowest BCUT2D eigenvalue weighted by Crippen LogP contribution is -2.22. The molecule has 0 spiro atoms. The number of aromatic nitrogens is 2. The first-order valence-electron chi connectivity index (χ1n) is 11.2. The molecule has 1 aliphatic heterocycles. The van der Waals surface area contributed by atoms with E-state index in [4.69, 9.17) is 4.74 Å². The van der Waals surface area contributed by atoms with Crippen molar-refractivity contribution in [2.24, 2.45) is 4.99 Å². The predicted octanol–water partition coefficient (Wildman–Crippen LogP) is 4.03. The smallest absolute Gasteiger partial charge is 0.251 e. The molecule has 0 radical (unpaired) electrons. The zero-order chi connectivity index (χ0) is 24.2. The summed E-state index contributed by atoms with van der Waals surface area (Å²) < 4.78 is 5.15. The highest BCUT2D eigenvalue weighted by atomic mass is 16.5. The van der Waals surface area contributed by atoms with Gasteiger partial charge in [-0.3, -0.25) is 14.6 Å². The predicted molar refractivity (Wildman–Crippen MR) is 134 cm³/mol. The Labute approximate surface area is 202 Å². The van der Waals surface area contributed by atoms with Crippen LogP contribution in [0.2, 0.25) is 0 Å². The van der Waals surface area contributed by atoms with Crippen molar-refractivity contribution in [2.75, 3.05) is 12.4 Å². The summed E-state index contributed by atoms with van der Waals surface area (Å²) in [4.78, 5) is 38.5. The van der Waals surface area contributed by atoms with Crippen LogP contribution in [0.25, 0.3) is 5.70 Å². The number of hydrogen-bond donors (Lipinski definition) is 2. The van der Waals surface area contributed by atoms with Gasteiger partial charge in [-0.05, 0) is 54.5 Å². The Balaban J connectivity index is 1.26. The van der Waals surface area contributed by atoms with Crippen LogP contribution in [0.5, 0.6) is 5.75 Å². The molecule has 0 fully saturated rings. The largest absolute Gasteiger partial charge is 0.497 e. The molecule has 35 heavy (non-hydrogen) atoms. The van der Waals surface area contributed by atoms with E-state index < -0.39 is 0 Å². The number of ether oxygens (including phenoxy) is 1. The molecule has 8 nitrogen and oxygen atoms in total. The number of nitrogens with one attached hydrogen (secondary N) is 2. The van der Waals surface area contributed by atoms with Crippen molar-refractivity contribution < 1.29 is 14.3 Å². The second-order valence-corrected chi connectivity index (χ2v) is 8.14. The van der Waals surface area contributed by atoms with Crippen LogP contribution in [-0.2, 0) is 17.8 Å². The van der Waals surface area contributed by atoms with Crippen molar-refractivity contribution in [3.63, 3.8) is 0 Å². The molecule has 0 atom stereocenters. The van der Waals surface area contributed by atoms with Gasteiger partial charge in [0.05, 0.1) is 18.5 Å². The van der Waals surface area contributed by atoms with Gasteiger partial charge < -0.3 is 15.4 Å². The maximum Gasteiger partial charge on any atom is 0.251 e. The zero-order valence-corrected chi connectivity index (χ0v) is 19.1. The van der Waals surface area contributed by atoms with Gasteiger partial charge in [-0.2, -0.15) is 0 Å². The van der Waals surface area contributed by atoms with Crippen LogP contribution in [0.3, 0.4) is 0 Å². The van der Waals surface area contributed by atoms with Crippen LogP contribution < -0.4 is 15.4 Å². The summed E-state index contributed by atoms with van der Waals surface area (Å²) in [5, 5.41) is 6.09. The molecule has 0 saturated carbocycles. The molecule has 5 rings (SSSR count).